The number of fused-ring (bicyclic) bond motifs is 1. The Morgan fingerprint density at radius 3 is 2.78 bits per heavy atom. The topological polar surface area (TPSA) is 66.9 Å². The number of anilines is 1. The maximum absolute atomic E-state index is 5.94. The molecular formula is C11H14ClN5O. The fraction of sp³-hybridized carbons (Fsp3) is 0.545. The largest absolute Gasteiger partial charge is 0.372 e. The van der Waals surface area contributed by atoms with Crippen LogP contribution in [0, 0.1) is 0 Å². The Hall–Kier alpha value is -1.40. The number of hydrogen-bond donors (Lipinski definition) is 1. The van der Waals surface area contributed by atoms with Gasteiger partial charge in [0.05, 0.1) is 23.8 Å². The highest BCUT2D eigenvalue weighted by Gasteiger charge is 2.25. The third-order valence-corrected chi connectivity index (χ3v) is 3.15. The molecule has 0 spiro atoms. The molecule has 1 aliphatic rings. The number of ether oxygens (including phenoxy) is 1. The van der Waals surface area contributed by atoms with Gasteiger partial charge in [-0.15, -0.1) is 0 Å². The van der Waals surface area contributed by atoms with Crippen molar-refractivity contribution in [2.75, 3.05) is 18.0 Å². The Kier molecular flexibility index (Phi) is 2.83. The van der Waals surface area contributed by atoms with E-state index in [0.717, 1.165) is 24.3 Å². The van der Waals surface area contributed by atoms with Crippen molar-refractivity contribution >= 4 is 28.5 Å². The van der Waals surface area contributed by atoms with E-state index in [4.69, 9.17) is 16.3 Å². The van der Waals surface area contributed by atoms with Gasteiger partial charge in [0.2, 0.25) is 5.28 Å². The summed E-state index contributed by atoms with van der Waals surface area (Å²) in [5, 5.41) is 7.93. The molecule has 3 heterocycles. The zero-order chi connectivity index (χ0) is 12.7. The van der Waals surface area contributed by atoms with Crippen molar-refractivity contribution < 1.29 is 4.74 Å². The predicted octanol–water partition coefficient (Wildman–Crippen LogP) is 1.62. The molecule has 1 N–H and O–H groups in total. The number of nitrogens with zero attached hydrogens (tertiary/aromatic N) is 4. The number of aromatic nitrogens is 4. The van der Waals surface area contributed by atoms with Crippen LogP contribution in [0.4, 0.5) is 5.82 Å². The molecule has 0 radical (unpaired) electrons. The maximum Gasteiger partial charge on any atom is 0.226 e. The van der Waals surface area contributed by atoms with Crippen LogP contribution < -0.4 is 4.90 Å². The summed E-state index contributed by atoms with van der Waals surface area (Å²) in [5.74, 6) is 0.820. The number of aromatic amines is 1. The summed E-state index contributed by atoms with van der Waals surface area (Å²) >= 11 is 5.94. The van der Waals surface area contributed by atoms with Crippen LogP contribution in [0.5, 0.6) is 0 Å². The van der Waals surface area contributed by atoms with Gasteiger partial charge in [-0.3, -0.25) is 5.10 Å². The monoisotopic (exact) mass is 267 g/mol. The first kappa shape index (κ1) is 11.7. The highest BCUT2D eigenvalue weighted by atomic mass is 35.5. The van der Waals surface area contributed by atoms with E-state index in [1.165, 1.54) is 0 Å². The van der Waals surface area contributed by atoms with Gasteiger partial charge in [0.1, 0.15) is 5.82 Å². The van der Waals surface area contributed by atoms with E-state index in [2.05, 4.69) is 38.9 Å². The zero-order valence-corrected chi connectivity index (χ0v) is 11.0. The van der Waals surface area contributed by atoms with Gasteiger partial charge < -0.3 is 9.64 Å². The van der Waals surface area contributed by atoms with E-state index in [0.29, 0.717) is 5.65 Å². The zero-order valence-electron chi connectivity index (χ0n) is 10.2. The Labute approximate surface area is 109 Å². The highest BCUT2D eigenvalue weighted by Crippen LogP contribution is 2.26. The van der Waals surface area contributed by atoms with Gasteiger partial charge in [0.15, 0.2) is 5.65 Å². The number of nitrogens with one attached hydrogen (secondary N) is 1. The summed E-state index contributed by atoms with van der Waals surface area (Å²) < 4.78 is 5.72. The van der Waals surface area contributed by atoms with Gasteiger partial charge in [0.25, 0.3) is 0 Å². The fourth-order valence-electron chi connectivity index (χ4n) is 2.38. The van der Waals surface area contributed by atoms with E-state index in [1.807, 2.05) is 0 Å². The second-order valence-electron chi connectivity index (χ2n) is 4.61. The Bertz CT molecular complexity index is 562. The molecule has 96 valence electrons. The van der Waals surface area contributed by atoms with Crippen LogP contribution in [0.25, 0.3) is 11.0 Å². The smallest absolute Gasteiger partial charge is 0.226 e. The van der Waals surface area contributed by atoms with Crippen LogP contribution in [-0.2, 0) is 4.74 Å². The van der Waals surface area contributed by atoms with Crippen molar-refractivity contribution in [3.05, 3.63) is 11.5 Å². The lowest BCUT2D eigenvalue weighted by atomic mass is 10.2. The molecule has 0 saturated carbocycles. The van der Waals surface area contributed by atoms with E-state index in [9.17, 15) is 0 Å². The standard InChI is InChI=1S/C11H14ClN5O/c1-6-4-17(5-7(2)18-6)10-8-3-13-16-9(8)14-11(12)15-10/h3,6-7H,4-5H2,1-2H3,(H,13,14,15,16)/t6-,7+. The van der Waals surface area contributed by atoms with Crippen LogP contribution in [0.3, 0.4) is 0 Å². The van der Waals surface area contributed by atoms with Crippen LogP contribution >= 0.6 is 11.6 Å². The third-order valence-electron chi connectivity index (χ3n) is 2.98. The second-order valence-corrected chi connectivity index (χ2v) is 4.95. The molecule has 2 aromatic rings. The molecule has 6 nitrogen and oxygen atoms in total. The molecule has 1 saturated heterocycles. The molecule has 0 bridgehead atoms. The lowest BCUT2D eigenvalue weighted by molar-refractivity contribution is -0.00537. The summed E-state index contributed by atoms with van der Waals surface area (Å²) in [6.45, 7) is 5.69. The lowest BCUT2D eigenvalue weighted by Crippen LogP contribution is -2.46. The van der Waals surface area contributed by atoms with Crippen molar-refractivity contribution in [2.45, 2.75) is 26.1 Å². The number of H-pyrrole nitrogens is 1. The minimum Gasteiger partial charge on any atom is -0.372 e. The van der Waals surface area contributed by atoms with Crippen molar-refractivity contribution in [3.8, 4) is 0 Å². The second kappa shape index (κ2) is 4.37. The third kappa shape index (κ3) is 2.02. The molecule has 0 aromatic carbocycles. The van der Waals surface area contributed by atoms with Crippen LogP contribution in [0.1, 0.15) is 13.8 Å². The molecule has 18 heavy (non-hydrogen) atoms. The van der Waals surface area contributed by atoms with Gasteiger partial charge in [-0.25, -0.2) is 0 Å². The molecule has 7 heteroatoms. The summed E-state index contributed by atoms with van der Waals surface area (Å²) in [6, 6.07) is 0. The molecule has 2 aromatic heterocycles. The number of halogens is 1. The summed E-state index contributed by atoms with van der Waals surface area (Å²) in [6.07, 6.45) is 2.07. The fourth-order valence-corrected chi connectivity index (χ4v) is 2.55. The van der Waals surface area contributed by atoms with E-state index < -0.39 is 0 Å². The molecule has 3 rings (SSSR count). The minimum atomic E-state index is 0.171. The first-order valence-electron chi connectivity index (χ1n) is 5.90. The number of morpholine rings is 1. The normalized spacial score (nSPS) is 24.7. The first-order valence-corrected chi connectivity index (χ1v) is 6.28. The average molecular weight is 268 g/mol. The van der Waals surface area contributed by atoms with Gasteiger partial charge in [-0.1, -0.05) is 0 Å². The molecule has 1 fully saturated rings. The average Bonchev–Trinajstić information content (AvgIpc) is 2.74. The molecular weight excluding hydrogens is 254 g/mol. The van der Waals surface area contributed by atoms with E-state index in [-0.39, 0.29) is 17.5 Å². The quantitative estimate of drug-likeness (QED) is 0.796. The van der Waals surface area contributed by atoms with Gasteiger partial charge in [-0.2, -0.15) is 15.1 Å². The molecule has 1 aliphatic heterocycles. The van der Waals surface area contributed by atoms with Gasteiger partial charge >= 0.3 is 0 Å². The lowest BCUT2D eigenvalue weighted by Gasteiger charge is -2.36. The van der Waals surface area contributed by atoms with Crippen molar-refractivity contribution in [1.82, 2.24) is 20.2 Å². The van der Waals surface area contributed by atoms with E-state index in [1.54, 1.807) is 6.20 Å². The van der Waals surface area contributed by atoms with Crippen LogP contribution in [0.2, 0.25) is 5.28 Å². The van der Waals surface area contributed by atoms with Crippen molar-refractivity contribution in [2.24, 2.45) is 0 Å². The first-order chi connectivity index (χ1) is 8.63. The minimum absolute atomic E-state index is 0.171. The molecule has 0 unspecified atom stereocenters. The van der Waals surface area contributed by atoms with Crippen LogP contribution in [-0.4, -0.2) is 45.5 Å². The highest BCUT2D eigenvalue weighted by molar-refractivity contribution is 6.28. The van der Waals surface area contributed by atoms with Crippen LogP contribution in [0.15, 0.2) is 6.20 Å². The number of rotatable bonds is 1. The SMILES string of the molecule is C[C@@H]1CN(c2nc(Cl)nc3[nH]ncc23)C[C@H](C)O1. The molecule has 2 atom stereocenters. The Morgan fingerprint density at radius 1 is 1.33 bits per heavy atom. The Balaban J connectivity index is 2.05. The molecule has 0 aliphatic carbocycles. The Morgan fingerprint density at radius 2 is 2.06 bits per heavy atom. The summed E-state index contributed by atoms with van der Waals surface area (Å²) in [7, 11) is 0. The summed E-state index contributed by atoms with van der Waals surface area (Å²) in [5.41, 5.74) is 0.664. The van der Waals surface area contributed by atoms with Crippen molar-refractivity contribution in [1.29, 1.82) is 0 Å². The van der Waals surface area contributed by atoms with E-state index >= 15 is 0 Å². The summed E-state index contributed by atoms with van der Waals surface area (Å²) in [4.78, 5) is 10.6. The predicted molar refractivity (Wildman–Crippen MR) is 68.9 cm³/mol. The van der Waals surface area contributed by atoms with Gasteiger partial charge in [0, 0.05) is 13.1 Å². The maximum atomic E-state index is 5.94. The molecule has 0 amide bonds. The number of hydrogen-bond acceptors (Lipinski definition) is 5. The van der Waals surface area contributed by atoms with Gasteiger partial charge in [-0.05, 0) is 25.4 Å². The van der Waals surface area contributed by atoms with Crippen molar-refractivity contribution in [3.63, 3.8) is 0 Å².